The van der Waals surface area contributed by atoms with E-state index in [2.05, 4.69) is 19.9 Å². The van der Waals surface area contributed by atoms with Gasteiger partial charge >= 0.3 is 0 Å². The molecule has 0 bridgehead atoms. The summed E-state index contributed by atoms with van der Waals surface area (Å²) in [4.78, 5) is 0. The molecule has 4 N–H and O–H groups in total. The van der Waals surface area contributed by atoms with Crippen molar-refractivity contribution in [3.8, 4) is 0 Å². The molecular weight excluding hydrogens is 436 g/mol. The zero-order chi connectivity index (χ0) is 26.4. The lowest BCUT2D eigenvalue weighted by molar-refractivity contribution is 0.433. The summed E-state index contributed by atoms with van der Waals surface area (Å²) >= 11 is 0. The SMILES string of the molecule is CCCCCCCC/C=C(\CCCCCCCN)C(CCCCCCCC)CCCCCCCCN. The Morgan fingerprint density at radius 2 is 0.861 bits per heavy atom. The van der Waals surface area contributed by atoms with Gasteiger partial charge in [0.05, 0.1) is 0 Å². The second-order valence-corrected chi connectivity index (χ2v) is 11.6. The Labute approximate surface area is 229 Å². The van der Waals surface area contributed by atoms with E-state index < -0.39 is 0 Å². The van der Waals surface area contributed by atoms with Gasteiger partial charge in [-0.25, -0.2) is 0 Å². The molecule has 0 saturated carbocycles. The zero-order valence-electron chi connectivity index (χ0n) is 25.3. The predicted molar refractivity (Wildman–Crippen MR) is 166 cm³/mol. The molecule has 0 fully saturated rings. The summed E-state index contributed by atoms with van der Waals surface area (Å²) in [5.74, 6) is 0.851. The van der Waals surface area contributed by atoms with Gasteiger partial charge in [0.2, 0.25) is 0 Å². The Morgan fingerprint density at radius 1 is 0.472 bits per heavy atom. The Morgan fingerprint density at radius 3 is 1.33 bits per heavy atom. The average Bonchev–Trinajstić information content (AvgIpc) is 2.89. The molecule has 1 unspecified atom stereocenters. The van der Waals surface area contributed by atoms with Gasteiger partial charge in [0.25, 0.3) is 0 Å². The van der Waals surface area contributed by atoms with Crippen molar-refractivity contribution < 1.29 is 0 Å². The van der Waals surface area contributed by atoms with Gasteiger partial charge in [-0.05, 0) is 70.4 Å². The monoisotopic (exact) mass is 507 g/mol. The van der Waals surface area contributed by atoms with Crippen molar-refractivity contribution in [3.05, 3.63) is 11.6 Å². The van der Waals surface area contributed by atoms with E-state index in [1.807, 2.05) is 5.57 Å². The minimum absolute atomic E-state index is 0.851. The molecule has 0 aliphatic carbocycles. The third-order valence-corrected chi connectivity index (χ3v) is 8.07. The highest BCUT2D eigenvalue weighted by atomic mass is 14.5. The van der Waals surface area contributed by atoms with Crippen LogP contribution in [0.25, 0.3) is 0 Å². The molecule has 0 aromatic heterocycles. The van der Waals surface area contributed by atoms with E-state index in [1.165, 1.54) is 173 Å². The number of allylic oxidation sites excluding steroid dienone is 2. The Kier molecular flexibility index (Phi) is 30.6. The molecule has 1 atom stereocenters. The lowest BCUT2D eigenvalue weighted by atomic mass is 9.84. The minimum Gasteiger partial charge on any atom is -0.330 e. The van der Waals surface area contributed by atoms with Crippen LogP contribution in [0, 0.1) is 5.92 Å². The molecule has 0 aromatic rings. The second-order valence-electron chi connectivity index (χ2n) is 11.6. The highest BCUT2D eigenvalue weighted by Gasteiger charge is 2.14. The van der Waals surface area contributed by atoms with Crippen molar-refractivity contribution in [2.75, 3.05) is 13.1 Å². The maximum absolute atomic E-state index is 5.70. The van der Waals surface area contributed by atoms with Gasteiger partial charge in [-0.1, -0.05) is 147 Å². The summed E-state index contributed by atoms with van der Waals surface area (Å²) < 4.78 is 0. The second kappa shape index (κ2) is 30.9. The molecular formula is C34H70N2. The summed E-state index contributed by atoms with van der Waals surface area (Å²) in [6, 6.07) is 0. The third kappa shape index (κ3) is 25.3. The molecule has 0 rings (SSSR count). The van der Waals surface area contributed by atoms with Gasteiger partial charge in [-0.3, -0.25) is 0 Å². The van der Waals surface area contributed by atoms with Gasteiger partial charge < -0.3 is 11.5 Å². The van der Waals surface area contributed by atoms with Crippen LogP contribution in [0.4, 0.5) is 0 Å². The smallest absolute Gasteiger partial charge is 0.00773 e. The largest absolute Gasteiger partial charge is 0.330 e. The first-order valence-electron chi connectivity index (χ1n) is 16.9. The Balaban J connectivity index is 4.80. The fraction of sp³-hybridized carbons (Fsp3) is 0.941. The summed E-state index contributed by atoms with van der Waals surface area (Å²) in [7, 11) is 0. The van der Waals surface area contributed by atoms with Gasteiger partial charge in [0.1, 0.15) is 0 Å². The van der Waals surface area contributed by atoms with E-state index in [0.29, 0.717) is 0 Å². The molecule has 0 spiro atoms. The summed E-state index contributed by atoms with van der Waals surface area (Å²) in [6.07, 6.45) is 40.1. The average molecular weight is 507 g/mol. The molecule has 216 valence electrons. The molecule has 0 aliphatic heterocycles. The number of unbranched alkanes of at least 4 members (excludes halogenated alkanes) is 20. The van der Waals surface area contributed by atoms with Gasteiger partial charge in [-0.15, -0.1) is 0 Å². The van der Waals surface area contributed by atoms with E-state index in [-0.39, 0.29) is 0 Å². The molecule has 0 heterocycles. The number of nitrogens with two attached hydrogens (primary N) is 2. The first-order valence-corrected chi connectivity index (χ1v) is 16.9. The predicted octanol–water partition coefficient (Wildman–Crippen LogP) is 11.0. The van der Waals surface area contributed by atoms with Crippen molar-refractivity contribution >= 4 is 0 Å². The molecule has 2 heteroatoms. The van der Waals surface area contributed by atoms with Gasteiger partial charge in [-0.2, -0.15) is 0 Å². The van der Waals surface area contributed by atoms with E-state index >= 15 is 0 Å². The van der Waals surface area contributed by atoms with Crippen LogP contribution in [-0.4, -0.2) is 13.1 Å². The molecule has 2 nitrogen and oxygen atoms in total. The van der Waals surface area contributed by atoms with E-state index in [1.54, 1.807) is 0 Å². The molecule has 0 saturated heterocycles. The number of rotatable bonds is 30. The van der Waals surface area contributed by atoms with Crippen LogP contribution in [0.5, 0.6) is 0 Å². The van der Waals surface area contributed by atoms with Crippen LogP contribution in [0.3, 0.4) is 0 Å². The summed E-state index contributed by atoms with van der Waals surface area (Å²) in [5, 5.41) is 0. The minimum atomic E-state index is 0.851. The standard InChI is InChI=1S/C34H70N2/c1-3-5-7-9-11-16-22-28-34(30-24-18-14-20-26-32-36)33(27-21-15-10-8-6-4-2)29-23-17-12-13-19-25-31-35/h28,33H,3-27,29-32,35-36H2,1-2H3/b34-28+. The van der Waals surface area contributed by atoms with Crippen LogP contribution in [-0.2, 0) is 0 Å². The third-order valence-electron chi connectivity index (χ3n) is 8.07. The lowest BCUT2D eigenvalue weighted by Gasteiger charge is -2.22. The number of hydrogen-bond donors (Lipinski definition) is 2. The first-order chi connectivity index (χ1) is 17.8. The van der Waals surface area contributed by atoms with Crippen LogP contribution in [0.15, 0.2) is 11.6 Å². The van der Waals surface area contributed by atoms with Gasteiger partial charge in [0, 0.05) is 0 Å². The molecule has 0 aliphatic rings. The molecule has 0 aromatic carbocycles. The lowest BCUT2D eigenvalue weighted by Crippen LogP contribution is -2.06. The fourth-order valence-electron chi connectivity index (χ4n) is 5.62. The van der Waals surface area contributed by atoms with Crippen molar-refractivity contribution in [1.29, 1.82) is 0 Å². The maximum Gasteiger partial charge on any atom is -0.00773 e. The van der Waals surface area contributed by atoms with Crippen LogP contribution in [0.1, 0.15) is 187 Å². The highest BCUT2D eigenvalue weighted by molar-refractivity contribution is 5.07. The van der Waals surface area contributed by atoms with E-state index in [9.17, 15) is 0 Å². The number of hydrogen-bond acceptors (Lipinski definition) is 2. The van der Waals surface area contributed by atoms with Crippen molar-refractivity contribution in [1.82, 2.24) is 0 Å². The van der Waals surface area contributed by atoms with E-state index in [0.717, 1.165) is 19.0 Å². The molecule has 0 amide bonds. The van der Waals surface area contributed by atoms with Crippen molar-refractivity contribution in [3.63, 3.8) is 0 Å². The van der Waals surface area contributed by atoms with Crippen LogP contribution < -0.4 is 11.5 Å². The van der Waals surface area contributed by atoms with Gasteiger partial charge in [0.15, 0.2) is 0 Å². The van der Waals surface area contributed by atoms with Crippen molar-refractivity contribution in [2.24, 2.45) is 17.4 Å². The Hall–Kier alpha value is -0.340. The summed E-state index contributed by atoms with van der Waals surface area (Å²) in [5.41, 5.74) is 13.2. The zero-order valence-corrected chi connectivity index (χ0v) is 25.3. The maximum atomic E-state index is 5.70. The molecule has 36 heavy (non-hydrogen) atoms. The summed E-state index contributed by atoms with van der Waals surface area (Å²) in [6.45, 7) is 6.35. The fourth-order valence-corrected chi connectivity index (χ4v) is 5.62. The van der Waals surface area contributed by atoms with Crippen LogP contribution >= 0.6 is 0 Å². The normalized spacial score (nSPS) is 12.9. The van der Waals surface area contributed by atoms with Crippen LogP contribution in [0.2, 0.25) is 0 Å². The quantitative estimate of drug-likeness (QED) is 0.0751. The highest BCUT2D eigenvalue weighted by Crippen LogP contribution is 2.30. The first kappa shape index (κ1) is 35.7. The topological polar surface area (TPSA) is 52.0 Å². The Bertz CT molecular complexity index is 431. The van der Waals surface area contributed by atoms with Crippen molar-refractivity contribution in [2.45, 2.75) is 187 Å². The van der Waals surface area contributed by atoms with E-state index in [4.69, 9.17) is 11.5 Å². The molecule has 0 radical (unpaired) electrons.